The van der Waals surface area contributed by atoms with E-state index in [0.29, 0.717) is 46.9 Å². The molecule has 10 heteroatoms. The number of benzene rings is 2. The van der Waals surface area contributed by atoms with Crippen molar-refractivity contribution in [3.63, 3.8) is 0 Å². The molecule has 220 valence electrons. The number of para-hydroxylation sites is 2. The van der Waals surface area contributed by atoms with Gasteiger partial charge in [0.2, 0.25) is 0 Å². The van der Waals surface area contributed by atoms with Gasteiger partial charge in [0.05, 0.1) is 23.0 Å². The number of carboxylic acids is 1. The summed E-state index contributed by atoms with van der Waals surface area (Å²) in [6.45, 7) is 5.12. The van der Waals surface area contributed by atoms with Gasteiger partial charge in [-0.15, -0.1) is 11.3 Å². The largest absolute Gasteiger partial charge is 0.482 e. The second-order valence-electron chi connectivity index (χ2n) is 10.9. The molecular weight excluding hydrogens is 566 g/mol. The SMILES string of the molecule is Cc1nn(-c2ccccc2C(=O)O)c2c1[C@H](c1ccccc1OCC(=O)OC(C)C)C1=C(C[C@@H](c3cccs3)CC1=O)N2. The Labute approximate surface area is 252 Å². The van der Waals surface area contributed by atoms with Crippen LogP contribution in [0.1, 0.15) is 70.6 Å². The Balaban J connectivity index is 1.51. The first-order valence-corrected chi connectivity index (χ1v) is 15.0. The number of anilines is 1. The standard InChI is InChI=1S/C33H31N3O6S/c1-18(2)42-28(38)17-41-26-12-7-5-10-22(26)30-29-19(3)35-36(24-11-6-4-9-21(24)33(39)40)32(29)34-23-15-20(16-25(37)31(23)30)27-13-8-14-43-27/h4-14,18,20,30,34H,15-17H2,1-3H3,(H,39,40)/t20-,30+/m1/s1. The van der Waals surface area contributed by atoms with E-state index in [1.165, 1.54) is 0 Å². The molecule has 2 aromatic heterocycles. The molecule has 6 rings (SSSR count). The van der Waals surface area contributed by atoms with Crippen LogP contribution in [0.2, 0.25) is 0 Å². The van der Waals surface area contributed by atoms with Crippen molar-refractivity contribution in [1.29, 1.82) is 0 Å². The zero-order valence-electron chi connectivity index (χ0n) is 24.0. The molecule has 1 aliphatic heterocycles. The molecule has 0 fully saturated rings. The maximum absolute atomic E-state index is 14.0. The average molecular weight is 598 g/mol. The minimum Gasteiger partial charge on any atom is -0.482 e. The molecule has 2 aliphatic rings. The number of fused-ring (bicyclic) bond motifs is 1. The first-order chi connectivity index (χ1) is 20.7. The maximum atomic E-state index is 14.0. The molecule has 0 amide bonds. The number of ketones is 1. The molecule has 1 aliphatic carbocycles. The number of hydrogen-bond acceptors (Lipinski definition) is 8. The second kappa shape index (κ2) is 11.5. The molecule has 2 atom stereocenters. The highest BCUT2D eigenvalue weighted by atomic mass is 32.1. The number of aromatic nitrogens is 2. The van der Waals surface area contributed by atoms with E-state index < -0.39 is 17.9 Å². The Morgan fingerprint density at radius 2 is 1.86 bits per heavy atom. The highest BCUT2D eigenvalue weighted by molar-refractivity contribution is 7.10. The number of allylic oxidation sites excluding steroid dienone is 2. The van der Waals surface area contributed by atoms with Crippen LogP contribution in [0.15, 0.2) is 77.3 Å². The predicted octanol–water partition coefficient (Wildman–Crippen LogP) is 6.23. The van der Waals surface area contributed by atoms with Crippen molar-refractivity contribution in [2.45, 2.75) is 51.6 Å². The molecule has 43 heavy (non-hydrogen) atoms. The second-order valence-corrected chi connectivity index (χ2v) is 11.9. The van der Waals surface area contributed by atoms with Gasteiger partial charge in [0.1, 0.15) is 11.6 Å². The van der Waals surface area contributed by atoms with Crippen LogP contribution in [0.4, 0.5) is 5.82 Å². The molecular formula is C33H31N3O6S. The van der Waals surface area contributed by atoms with E-state index in [0.717, 1.165) is 16.1 Å². The zero-order valence-corrected chi connectivity index (χ0v) is 24.8. The van der Waals surface area contributed by atoms with E-state index in [2.05, 4.69) is 11.4 Å². The van der Waals surface area contributed by atoms with Crippen molar-refractivity contribution in [1.82, 2.24) is 9.78 Å². The monoisotopic (exact) mass is 597 g/mol. The summed E-state index contributed by atoms with van der Waals surface area (Å²) in [5.41, 5.74) is 4.03. The van der Waals surface area contributed by atoms with E-state index in [-0.39, 0.29) is 30.0 Å². The summed E-state index contributed by atoms with van der Waals surface area (Å²) in [4.78, 5) is 39.7. The van der Waals surface area contributed by atoms with Crippen molar-refractivity contribution >= 4 is 34.9 Å². The van der Waals surface area contributed by atoms with Crippen molar-refractivity contribution in [3.8, 4) is 11.4 Å². The number of ether oxygens (including phenoxy) is 2. The van der Waals surface area contributed by atoms with Gasteiger partial charge in [-0.1, -0.05) is 36.4 Å². The summed E-state index contributed by atoms with van der Waals surface area (Å²) >= 11 is 1.63. The van der Waals surface area contributed by atoms with Crippen LogP contribution in [0, 0.1) is 6.92 Å². The number of carbonyl (C=O) groups is 3. The molecule has 2 N–H and O–H groups in total. The average Bonchev–Trinajstić information content (AvgIpc) is 3.63. The van der Waals surface area contributed by atoms with E-state index in [1.807, 2.05) is 36.6 Å². The quantitative estimate of drug-likeness (QED) is 0.230. The number of carbonyl (C=O) groups excluding carboxylic acids is 2. The fourth-order valence-electron chi connectivity index (χ4n) is 6.01. The Morgan fingerprint density at radius 3 is 2.60 bits per heavy atom. The fraction of sp³-hybridized carbons (Fsp3) is 0.273. The molecule has 0 spiro atoms. The topological polar surface area (TPSA) is 120 Å². The van der Waals surface area contributed by atoms with E-state index in [1.54, 1.807) is 60.2 Å². The molecule has 0 saturated heterocycles. The van der Waals surface area contributed by atoms with E-state index in [4.69, 9.17) is 14.6 Å². The Hall–Kier alpha value is -4.70. The van der Waals surface area contributed by atoms with Crippen LogP contribution in [-0.4, -0.2) is 45.3 Å². The molecule has 9 nitrogen and oxygen atoms in total. The van der Waals surface area contributed by atoms with Gasteiger partial charge in [-0.25, -0.2) is 14.3 Å². The number of aryl methyl sites for hydroxylation is 1. The molecule has 0 unspecified atom stereocenters. The first-order valence-electron chi connectivity index (χ1n) is 14.1. The van der Waals surface area contributed by atoms with Crippen LogP contribution in [-0.2, 0) is 14.3 Å². The number of rotatable bonds is 8. The van der Waals surface area contributed by atoms with Gasteiger partial charge in [-0.3, -0.25) is 4.79 Å². The van der Waals surface area contributed by atoms with Crippen molar-refractivity contribution in [2.75, 3.05) is 11.9 Å². The van der Waals surface area contributed by atoms with Crippen molar-refractivity contribution < 1.29 is 29.0 Å². The third-order valence-electron chi connectivity index (χ3n) is 7.71. The smallest absolute Gasteiger partial charge is 0.344 e. The van der Waals surface area contributed by atoms with Crippen LogP contribution in [0.3, 0.4) is 0 Å². The number of aromatic carboxylic acids is 1. The minimum atomic E-state index is -1.07. The van der Waals surface area contributed by atoms with Gasteiger partial charge in [0.25, 0.3) is 0 Å². The summed E-state index contributed by atoms with van der Waals surface area (Å²) < 4.78 is 12.9. The summed E-state index contributed by atoms with van der Waals surface area (Å²) in [7, 11) is 0. The van der Waals surface area contributed by atoms with E-state index >= 15 is 0 Å². The molecule has 2 aromatic carbocycles. The third kappa shape index (κ3) is 5.34. The van der Waals surface area contributed by atoms with Gasteiger partial charge in [0.15, 0.2) is 12.4 Å². The lowest BCUT2D eigenvalue weighted by atomic mass is 9.73. The van der Waals surface area contributed by atoms with Gasteiger partial charge in [-0.2, -0.15) is 5.10 Å². The number of Topliss-reactive ketones (excluding diaryl/α,β-unsaturated/α-hetero) is 1. The fourth-order valence-corrected chi connectivity index (χ4v) is 6.84. The molecule has 3 heterocycles. The number of nitrogens with zero attached hydrogens (tertiary/aromatic N) is 2. The summed E-state index contributed by atoms with van der Waals surface area (Å²) in [6, 6.07) is 18.1. The lowest BCUT2D eigenvalue weighted by molar-refractivity contribution is -0.149. The molecule has 0 radical (unpaired) electrons. The Bertz CT molecular complexity index is 1750. The summed E-state index contributed by atoms with van der Waals surface area (Å²) in [5.74, 6) is -1.01. The van der Waals surface area contributed by atoms with Gasteiger partial charge in [0, 0.05) is 45.5 Å². The zero-order chi connectivity index (χ0) is 30.2. The van der Waals surface area contributed by atoms with Gasteiger partial charge >= 0.3 is 11.9 Å². The lowest BCUT2D eigenvalue weighted by Crippen LogP contribution is -2.30. The van der Waals surface area contributed by atoms with Crippen molar-refractivity contribution in [3.05, 3.63) is 105 Å². The number of hydrogen-bond donors (Lipinski definition) is 2. The predicted molar refractivity (Wildman–Crippen MR) is 162 cm³/mol. The van der Waals surface area contributed by atoms with Crippen LogP contribution in [0.25, 0.3) is 5.69 Å². The lowest BCUT2D eigenvalue weighted by Gasteiger charge is -2.36. The number of carboxylic acid groups (broad SMARTS) is 1. The molecule has 4 aromatic rings. The van der Waals surface area contributed by atoms with Crippen molar-refractivity contribution in [2.24, 2.45) is 0 Å². The van der Waals surface area contributed by atoms with Crippen LogP contribution in [0.5, 0.6) is 5.75 Å². The number of thiophene rings is 1. The van der Waals surface area contributed by atoms with E-state index in [9.17, 15) is 19.5 Å². The number of nitrogens with one attached hydrogen (secondary N) is 1. The van der Waals surface area contributed by atoms with Crippen LogP contribution >= 0.6 is 11.3 Å². The minimum absolute atomic E-state index is 0.0158. The highest BCUT2D eigenvalue weighted by Gasteiger charge is 2.42. The maximum Gasteiger partial charge on any atom is 0.344 e. The number of esters is 1. The normalized spacial score (nSPS) is 17.7. The first kappa shape index (κ1) is 28.4. The summed E-state index contributed by atoms with van der Waals surface area (Å²) in [6.07, 6.45) is 0.696. The summed E-state index contributed by atoms with van der Waals surface area (Å²) in [5, 5.41) is 20.3. The van der Waals surface area contributed by atoms with Gasteiger partial charge in [-0.05, 0) is 56.8 Å². The highest BCUT2D eigenvalue weighted by Crippen LogP contribution is 2.51. The van der Waals surface area contributed by atoms with Crippen LogP contribution < -0.4 is 10.1 Å². The Kier molecular flexibility index (Phi) is 7.62. The third-order valence-corrected chi connectivity index (χ3v) is 8.75. The molecule has 0 bridgehead atoms. The van der Waals surface area contributed by atoms with Gasteiger partial charge < -0.3 is 19.9 Å². The molecule has 0 saturated carbocycles. The Morgan fingerprint density at radius 1 is 1.09 bits per heavy atom.